The van der Waals surface area contributed by atoms with Crippen LogP contribution in [0.5, 0.6) is 11.5 Å². The highest BCUT2D eigenvalue weighted by molar-refractivity contribution is 5.78. The van der Waals surface area contributed by atoms with Gasteiger partial charge in [0.15, 0.2) is 0 Å². The molecule has 2 aromatic carbocycles. The van der Waals surface area contributed by atoms with Crippen LogP contribution in [0.1, 0.15) is 25.6 Å². The lowest BCUT2D eigenvalue weighted by Crippen LogP contribution is -2.36. The van der Waals surface area contributed by atoms with E-state index < -0.39 is 0 Å². The molecule has 1 unspecified atom stereocenters. The summed E-state index contributed by atoms with van der Waals surface area (Å²) in [6.07, 6.45) is 0. The van der Waals surface area contributed by atoms with Crippen molar-refractivity contribution in [2.75, 3.05) is 26.3 Å². The van der Waals surface area contributed by atoms with Gasteiger partial charge in [-0.2, -0.15) is 0 Å². The van der Waals surface area contributed by atoms with Crippen LogP contribution in [-0.4, -0.2) is 32.2 Å². The first-order valence-electron chi connectivity index (χ1n) is 9.50. The van der Waals surface area contributed by atoms with Crippen LogP contribution in [0.2, 0.25) is 0 Å². The predicted octanol–water partition coefficient (Wildman–Crippen LogP) is 3.68. The van der Waals surface area contributed by atoms with Crippen LogP contribution in [0.15, 0.2) is 59.0 Å². The summed E-state index contributed by atoms with van der Waals surface area (Å²) in [4.78, 5) is 12.0. The quantitative estimate of drug-likeness (QED) is 0.524. The highest BCUT2D eigenvalue weighted by Gasteiger charge is 2.12. The fourth-order valence-corrected chi connectivity index (χ4v) is 2.78. The first-order valence-corrected chi connectivity index (χ1v) is 9.50. The Labute approximate surface area is 164 Å². The van der Waals surface area contributed by atoms with Crippen molar-refractivity contribution in [2.45, 2.75) is 19.9 Å². The van der Waals surface area contributed by atoms with Crippen molar-refractivity contribution in [1.29, 1.82) is 0 Å². The molecule has 0 aliphatic carbocycles. The van der Waals surface area contributed by atoms with E-state index in [0.29, 0.717) is 19.8 Å². The molecular formula is C22H26N2O4. The normalized spacial score (nSPS) is 11.9. The van der Waals surface area contributed by atoms with Crippen LogP contribution in [-0.2, 0) is 4.79 Å². The second-order valence-electron chi connectivity index (χ2n) is 6.39. The van der Waals surface area contributed by atoms with Crippen LogP contribution < -0.4 is 20.1 Å². The second kappa shape index (κ2) is 9.80. The van der Waals surface area contributed by atoms with E-state index in [0.717, 1.165) is 28.2 Å². The number of amides is 1. The van der Waals surface area contributed by atoms with Crippen molar-refractivity contribution in [2.24, 2.45) is 0 Å². The number of para-hydroxylation sites is 1. The number of hydrogen-bond donors (Lipinski definition) is 2. The Morgan fingerprint density at radius 1 is 1.07 bits per heavy atom. The minimum absolute atomic E-state index is 0.0572. The minimum Gasteiger partial charge on any atom is -0.494 e. The highest BCUT2D eigenvalue weighted by Crippen LogP contribution is 2.23. The second-order valence-corrected chi connectivity index (χ2v) is 6.39. The first kappa shape index (κ1) is 19.8. The number of furan rings is 1. The molecule has 2 N–H and O–H groups in total. The van der Waals surface area contributed by atoms with Gasteiger partial charge in [-0.1, -0.05) is 18.2 Å². The average molecular weight is 382 g/mol. The zero-order valence-corrected chi connectivity index (χ0v) is 16.2. The van der Waals surface area contributed by atoms with Gasteiger partial charge in [0.25, 0.3) is 0 Å². The van der Waals surface area contributed by atoms with Gasteiger partial charge in [-0.05, 0) is 50.2 Å². The largest absolute Gasteiger partial charge is 0.494 e. The number of carbonyl (C=O) groups excluding carboxylic acids is 1. The molecule has 3 aromatic rings. The lowest BCUT2D eigenvalue weighted by atomic mass is 10.2. The van der Waals surface area contributed by atoms with Gasteiger partial charge >= 0.3 is 0 Å². The van der Waals surface area contributed by atoms with Gasteiger partial charge in [-0.25, -0.2) is 0 Å². The van der Waals surface area contributed by atoms with Crippen LogP contribution in [0.25, 0.3) is 11.0 Å². The van der Waals surface area contributed by atoms with Gasteiger partial charge in [0, 0.05) is 5.39 Å². The third-order valence-electron chi connectivity index (χ3n) is 4.27. The maximum Gasteiger partial charge on any atom is 0.234 e. The van der Waals surface area contributed by atoms with Crippen LogP contribution >= 0.6 is 0 Å². The molecule has 0 aliphatic heterocycles. The third kappa shape index (κ3) is 5.50. The predicted molar refractivity (Wildman–Crippen MR) is 109 cm³/mol. The Bertz CT molecular complexity index is 856. The molecule has 1 heterocycles. The molecule has 0 spiro atoms. The zero-order chi connectivity index (χ0) is 19.8. The molecular weight excluding hydrogens is 356 g/mol. The number of fused-ring (bicyclic) bond motifs is 1. The van der Waals surface area contributed by atoms with Crippen molar-refractivity contribution in [3.05, 3.63) is 60.4 Å². The van der Waals surface area contributed by atoms with E-state index >= 15 is 0 Å². The average Bonchev–Trinajstić information content (AvgIpc) is 3.15. The molecule has 6 nitrogen and oxygen atoms in total. The number of rotatable bonds is 10. The van der Waals surface area contributed by atoms with Crippen LogP contribution in [0.4, 0.5) is 0 Å². The molecule has 3 rings (SSSR count). The van der Waals surface area contributed by atoms with Crippen LogP contribution in [0, 0.1) is 0 Å². The lowest BCUT2D eigenvalue weighted by Gasteiger charge is -2.12. The number of carbonyl (C=O) groups is 1. The monoisotopic (exact) mass is 382 g/mol. The molecule has 0 bridgehead atoms. The topological polar surface area (TPSA) is 72.7 Å². The van der Waals surface area contributed by atoms with E-state index in [-0.39, 0.29) is 18.5 Å². The Balaban J connectivity index is 1.35. The van der Waals surface area contributed by atoms with E-state index in [1.54, 1.807) is 0 Å². The molecule has 28 heavy (non-hydrogen) atoms. The fraction of sp³-hybridized carbons (Fsp3) is 0.318. The number of ether oxygens (including phenoxy) is 2. The van der Waals surface area contributed by atoms with Gasteiger partial charge in [-0.15, -0.1) is 0 Å². The van der Waals surface area contributed by atoms with E-state index in [4.69, 9.17) is 13.9 Å². The summed E-state index contributed by atoms with van der Waals surface area (Å²) >= 11 is 0. The zero-order valence-electron chi connectivity index (χ0n) is 16.2. The Morgan fingerprint density at radius 3 is 2.50 bits per heavy atom. The van der Waals surface area contributed by atoms with Crippen molar-refractivity contribution >= 4 is 16.9 Å². The van der Waals surface area contributed by atoms with Crippen molar-refractivity contribution in [1.82, 2.24) is 10.6 Å². The van der Waals surface area contributed by atoms with Gasteiger partial charge < -0.3 is 19.2 Å². The molecule has 0 radical (unpaired) electrons. The van der Waals surface area contributed by atoms with Crippen molar-refractivity contribution in [3.8, 4) is 11.5 Å². The fourth-order valence-electron chi connectivity index (χ4n) is 2.78. The Morgan fingerprint density at radius 2 is 1.79 bits per heavy atom. The van der Waals surface area contributed by atoms with E-state index in [2.05, 4.69) is 10.6 Å². The SMILES string of the molecule is CCOc1ccc(OCCNC(=O)CNC(C)c2cc3ccccc3o2)cc1. The molecule has 148 valence electrons. The number of nitrogens with one attached hydrogen (secondary N) is 2. The lowest BCUT2D eigenvalue weighted by molar-refractivity contribution is -0.120. The summed E-state index contributed by atoms with van der Waals surface area (Å²) in [7, 11) is 0. The third-order valence-corrected chi connectivity index (χ3v) is 4.27. The van der Waals surface area contributed by atoms with E-state index in [1.807, 2.05) is 68.4 Å². The Hall–Kier alpha value is -2.99. The molecule has 1 aromatic heterocycles. The summed E-state index contributed by atoms with van der Waals surface area (Å²) in [6, 6.07) is 17.2. The molecule has 1 amide bonds. The molecule has 0 saturated heterocycles. The maximum absolute atomic E-state index is 12.0. The number of benzene rings is 2. The summed E-state index contributed by atoms with van der Waals surface area (Å²) < 4.78 is 16.8. The van der Waals surface area contributed by atoms with Crippen LogP contribution in [0.3, 0.4) is 0 Å². The Kier molecular flexibility index (Phi) is 6.92. The van der Waals surface area contributed by atoms with Crippen molar-refractivity contribution in [3.63, 3.8) is 0 Å². The molecule has 0 aliphatic rings. The molecule has 1 atom stereocenters. The van der Waals surface area contributed by atoms with Gasteiger partial charge in [0.2, 0.25) is 5.91 Å². The molecule has 6 heteroatoms. The summed E-state index contributed by atoms with van der Waals surface area (Å²) in [5.41, 5.74) is 0.849. The summed E-state index contributed by atoms with van der Waals surface area (Å²) in [6.45, 7) is 5.60. The first-order chi connectivity index (χ1) is 13.7. The van der Waals surface area contributed by atoms with Gasteiger partial charge in [0.05, 0.1) is 25.7 Å². The van der Waals surface area contributed by atoms with Gasteiger partial charge in [-0.3, -0.25) is 10.1 Å². The maximum atomic E-state index is 12.0. The minimum atomic E-state index is -0.0849. The van der Waals surface area contributed by atoms with E-state index in [9.17, 15) is 4.79 Å². The summed E-state index contributed by atoms with van der Waals surface area (Å²) in [5.74, 6) is 2.29. The number of hydrogen-bond acceptors (Lipinski definition) is 5. The van der Waals surface area contributed by atoms with Crippen molar-refractivity contribution < 1.29 is 18.7 Å². The molecule has 0 saturated carbocycles. The smallest absolute Gasteiger partial charge is 0.234 e. The summed E-state index contributed by atoms with van der Waals surface area (Å²) in [5, 5.41) is 7.07. The standard InChI is InChI=1S/C22H26N2O4/c1-3-26-18-8-10-19(11-9-18)27-13-12-23-22(25)15-24-16(2)21-14-17-6-4-5-7-20(17)28-21/h4-11,14,16,24H,3,12-13,15H2,1-2H3,(H,23,25). The van der Waals surface area contributed by atoms with Gasteiger partial charge in [0.1, 0.15) is 29.4 Å². The highest BCUT2D eigenvalue weighted by atomic mass is 16.5. The van der Waals surface area contributed by atoms with E-state index in [1.165, 1.54) is 0 Å². The molecule has 0 fully saturated rings.